The maximum atomic E-state index is 5.55. The lowest BCUT2D eigenvalue weighted by Gasteiger charge is -2.04. The first-order chi connectivity index (χ1) is 7.69. The average Bonchev–Trinajstić information content (AvgIpc) is 2.59. The zero-order valence-electron chi connectivity index (χ0n) is 9.31. The first kappa shape index (κ1) is 10.4. The van der Waals surface area contributed by atoms with E-state index in [9.17, 15) is 0 Å². The summed E-state index contributed by atoms with van der Waals surface area (Å²) in [6.07, 6.45) is 5.90. The van der Waals surface area contributed by atoms with Gasteiger partial charge >= 0.3 is 0 Å². The van der Waals surface area contributed by atoms with Gasteiger partial charge in [0.25, 0.3) is 0 Å². The van der Waals surface area contributed by atoms with Crippen molar-refractivity contribution in [2.75, 3.05) is 11.1 Å². The molecule has 0 radical (unpaired) electrons. The van der Waals surface area contributed by atoms with E-state index in [1.807, 2.05) is 13.2 Å². The Hall–Kier alpha value is -2.11. The summed E-state index contributed by atoms with van der Waals surface area (Å²) in [5, 5.41) is 7.47. The van der Waals surface area contributed by atoms with Crippen molar-refractivity contribution in [1.29, 1.82) is 0 Å². The molecule has 0 fully saturated rings. The van der Waals surface area contributed by atoms with Crippen molar-refractivity contribution in [3.05, 3.63) is 24.3 Å². The molecule has 0 spiro atoms. The van der Waals surface area contributed by atoms with E-state index >= 15 is 0 Å². The van der Waals surface area contributed by atoms with Crippen LogP contribution in [0, 0.1) is 0 Å². The number of hydrogen-bond acceptors (Lipinski definition) is 5. The summed E-state index contributed by atoms with van der Waals surface area (Å²) in [4.78, 5) is 8.09. The molecule has 0 bridgehead atoms. The number of nitrogens with zero attached hydrogens (tertiary/aromatic N) is 4. The van der Waals surface area contributed by atoms with Crippen LogP contribution >= 0.6 is 0 Å². The van der Waals surface area contributed by atoms with Crippen LogP contribution in [0.25, 0.3) is 0 Å². The lowest BCUT2D eigenvalue weighted by Crippen LogP contribution is -1.99. The van der Waals surface area contributed by atoms with E-state index in [-0.39, 0.29) is 0 Å². The van der Waals surface area contributed by atoms with Gasteiger partial charge in [-0.15, -0.1) is 0 Å². The number of aryl methyl sites for hydroxylation is 2. The highest BCUT2D eigenvalue weighted by molar-refractivity contribution is 5.58. The predicted molar refractivity (Wildman–Crippen MR) is 62.3 cm³/mol. The van der Waals surface area contributed by atoms with E-state index in [1.54, 1.807) is 10.9 Å². The van der Waals surface area contributed by atoms with Crippen LogP contribution in [-0.4, -0.2) is 19.7 Å². The Morgan fingerprint density at radius 1 is 1.44 bits per heavy atom. The molecule has 2 aromatic rings. The van der Waals surface area contributed by atoms with E-state index in [0.717, 1.165) is 17.8 Å². The normalized spacial score (nSPS) is 10.4. The summed E-state index contributed by atoms with van der Waals surface area (Å²) in [6.45, 7) is 2.05. The fraction of sp³-hybridized carbons (Fsp3) is 0.300. The molecular formula is C10H14N6. The highest BCUT2D eigenvalue weighted by Gasteiger charge is 2.06. The van der Waals surface area contributed by atoms with Gasteiger partial charge in [0.15, 0.2) is 5.82 Å². The van der Waals surface area contributed by atoms with Crippen LogP contribution in [0.4, 0.5) is 17.3 Å². The first-order valence-electron chi connectivity index (χ1n) is 5.06. The van der Waals surface area contributed by atoms with Crippen molar-refractivity contribution in [2.45, 2.75) is 13.3 Å². The van der Waals surface area contributed by atoms with Gasteiger partial charge in [0.05, 0.1) is 23.8 Å². The molecule has 0 unspecified atom stereocenters. The van der Waals surface area contributed by atoms with Crippen LogP contribution in [-0.2, 0) is 13.5 Å². The fourth-order valence-electron chi connectivity index (χ4n) is 1.48. The van der Waals surface area contributed by atoms with Gasteiger partial charge in [-0.05, 0) is 6.42 Å². The van der Waals surface area contributed by atoms with Crippen LogP contribution in [0.3, 0.4) is 0 Å². The van der Waals surface area contributed by atoms with E-state index in [0.29, 0.717) is 11.6 Å². The first-order valence-corrected chi connectivity index (χ1v) is 5.06. The third-order valence-electron chi connectivity index (χ3n) is 2.16. The molecule has 3 N–H and O–H groups in total. The van der Waals surface area contributed by atoms with Crippen LogP contribution in [0.1, 0.15) is 12.6 Å². The van der Waals surface area contributed by atoms with Gasteiger partial charge in [-0.25, -0.2) is 4.98 Å². The molecule has 0 aliphatic rings. The fourth-order valence-corrected chi connectivity index (χ4v) is 1.48. The number of hydrogen-bond donors (Lipinski definition) is 2. The average molecular weight is 218 g/mol. The highest BCUT2D eigenvalue weighted by Crippen LogP contribution is 2.18. The minimum Gasteiger partial charge on any atom is -0.382 e. The second-order valence-electron chi connectivity index (χ2n) is 3.47. The van der Waals surface area contributed by atoms with Crippen LogP contribution in [0.2, 0.25) is 0 Å². The minimum atomic E-state index is 0.395. The van der Waals surface area contributed by atoms with E-state index in [1.165, 1.54) is 6.20 Å². The number of nitrogens with two attached hydrogens (primary N) is 1. The molecule has 6 heteroatoms. The van der Waals surface area contributed by atoms with Crippen molar-refractivity contribution < 1.29 is 0 Å². The summed E-state index contributed by atoms with van der Waals surface area (Å²) in [6, 6.07) is 0. The second kappa shape index (κ2) is 4.18. The summed E-state index contributed by atoms with van der Waals surface area (Å²) in [5.74, 6) is 1.02. The topological polar surface area (TPSA) is 81.7 Å². The summed E-state index contributed by atoms with van der Waals surface area (Å²) in [7, 11) is 1.88. The van der Waals surface area contributed by atoms with Gasteiger partial charge in [-0.2, -0.15) is 5.10 Å². The quantitative estimate of drug-likeness (QED) is 0.806. The van der Waals surface area contributed by atoms with Gasteiger partial charge in [-0.1, -0.05) is 6.92 Å². The number of nitrogen functional groups attached to an aromatic ring is 1. The van der Waals surface area contributed by atoms with Gasteiger partial charge < -0.3 is 11.1 Å². The van der Waals surface area contributed by atoms with Crippen LogP contribution in [0.15, 0.2) is 18.6 Å². The highest BCUT2D eigenvalue weighted by atomic mass is 15.3. The van der Waals surface area contributed by atoms with Crippen molar-refractivity contribution in [2.24, 2.45) is 7.05 Å². The molecule has 0 aliphatic heterocycles. The summed E-state index contributed by atoms with van der Waals surface area (Å²) < 4.78 is 1.76. The smallest absolute Gasteiger partial charge is 0.151 e. The number of nitrogens with one attached hydrogen (secondary N) is 1. The van der Waals surface area contributed by atoms with E-state index < -0.39 is 0 Å². The molecule has 0 saturated heterocycles. The molecule has 0 atom stereocenters. The molecule has 2 rings (SSSR count). The second-order valence-corrected chi connectivity index (χ2v) is 3.47. The lowest BCUT2D eigenvalue weighted by molar-refractivity contribution is 0.746. The van der Waals surface area contributed by atoms with E-state index in [4.69, 9.17) is 5.73 Å². The molecule has 0 amide bonds. The molecule has 2 aromatic heterocycles. The Labute approximate surface area is 93.5 Å². The molecule has 84 valence electrons. The van der Waals surface area contributed by atoms with Gasteiger partial charge in [-0.3, -0.25) is 9.67 Å². The summed E-state index contributed by atoms with van der Waals surface area (Å²) in [5.41, 5.74) is 7.48. The monoisotopic (exact) mass is 218 g/mol. The standard InChI is InChI=1S/C10H14N6/c1-3-7-8(6-16(2)15-7)13-10-5-12-4-9(11)14-10/h4-6H,3H2,1-2H3,(H3,11,13,14). The van der Waals surface area contributed by atoms with Crippen LogP contribution in [0.5, 0.6) is 0 Å². The minimum absolute atomic E-state index is 0.395. The Balaban J connectivity index is 2.26. The van der Waals surface area contributed by atoms with Gasteiger partial charge in [0, 0.05) is 13.2 Å². The molecule has 0 saturated carbocycles. The number of rotatable bonds is 3. The van der Waals surface area contributed by atoms with Gasteiger partial charge in [0.1, 0.15) is 5.82 Å². The zero-order chi connectivity index (χ0) is 11.5. The number of anilines is 3. The maximum Gasteiger partial charge on any atom is 0.151 e. The van der Waals surface area contributed by atoms with Crippen molar-refractivity contribution in [3.8, 4) is 0 Å². The van der Waals surface area contributed by atoms with Crippen molar-refractivity contribution in [1.82, 2.24) is 19.7 Å². The Morgan fingerprint density at radius 2 is 2.25 bits per heavy atom. The molecule has 16 heavy (non-hydrogen) atoms. The Morgan fingerprint density at radius 3 is 2.94 bits per heavy atom. The van der Waals surface area contributed by atoms with Crippen molar-refractivity contribution in [3.63, 3.8) is 0 Å². The Kier molecular flexibility index (Phi) is 2.72. The van der Waals surface area contributed by atoms with Crippen molar-refractivity contribution >= 4 is 17.3 Å². The third-order valence-corrected chi connectivity index (χ3v) is 2.16. The van der Waals surface area contributed by atoms with Crippen LogP contribution < -0.4 is 11.1 Å². The molecule has 6 nitrogen and oxygen atoms in total. The third kappa shape index (κ3) is 2.10. The SMILES string of the molecule is CCc1nn(C)cc1Nc1cncc(N)n1. The zero-order valence-corrected chi connectivity index (χ0v) is 9.31. The summed E-state index contributed by atoms with van der Waals surface area (Å²) >= 11 is 0. The Bertz CT molecular complexity index is 490. The maximum absolute atomic E-state index is 5.55. The molecule has 0 aromatic carbocycles. The number of aromatic nitrogens is 4. The molecular weight excluding hydrogens is 204 g/mol. The largest absolute Gasteiger partial charge is 0.382 e. The lowest BCUT2D eigenvalue weighted by atomic mass is 10.3. The molecule has 2 heterocycles. The molecule has 0 aliphatic carbocycles. The van der Waals surface area contributed by atoms with Gasteiger partial charge in [0.2, 0.25) is 0 Å². The van der Waals surface area contributed by atoms with E-state index in [2.05, 4.69) is 27.3 Å². The predicted octanol–water partition coefficient (Wildman–Crippen LogP) is 1.10.